The summed E-state index contributed by atoms with van der Waals surface area (Å²) in [7, 11) is 3.04. The Morgan fingerprint density at radius 1 is 1.40 bits per heavy atom. The standard InChI is InChI=1S/C10H10N2O3/c1-14-8-3-7-9(12-10(8)15-2)6(5-13)4-11-7/h3-5,11H,1-2H3. The van der Waals surface area contributed by atoms with Crippen molar-refractivity contribution in [3.63, 3.8) is 0 Å². The molecule has 0 unspecified atom stereocenters. The van der Waals surface area contributed by atoms with E-state index in [-0.39, 0.29) is 0 Å². The Kier molecular flexibility index (Phi) is 2.29. The first kappa shape index (κ1) is 9.51. The molecule has 0 aliphatic heterocycles. The first-order chi connectivity index (χ1) is 7.30. The van der Waals surface area contributed by atoms with Crippen molar-refractivity contribution in [2.24, 2.45) is 0 Å². The van der Waals surface area contributed by atoms with Crippen molar-refractivity contribution in [2.75, 3.05) is 14.2 Å². The van der Waals surface area contributed by atoms with E-state index in [0.29, 0.717) is 22.7 Å². The van der Waals surface area contributed by atoms with E-state index in [1.54, 1.807) is 12.3 Å². The second kappa shape index (κ2) is 3.61. The third kappa shape index (κ3) is 1.41. The molecule has 2 heterocycles. The minimum absolute atomic E-state index is 0.368. The van der Waals surface area contributed by atoms with E-state index in [0.717, 1.165) is 11.8 Å². The van der Waals surface area contributed by atoms with Gasteiger partial charge in [0.1, 0.15) is 5.52 Å². The molecule has 0 fully saturated rings. The van der Waals surface area contributed by atoms with Gasteiger partial charge in [-0.05, 0) is 0 Å². The maximum absolute atomic E-state index is 10.7. The van der Waals surface area contributed by atoms with E-state index in [4.69, 9.17) is 9.47 Å². The average Bonchev–Trinajstić information content (AvgIpc) is 2.68. The predicted molar refractivity (Wildman–Crippen MR) is 54.6 cm³/mol. The molecule has 0 atom stereocenters. The second-order valence-corrected chi connectivity index (χ2v) is 2.96. The smallest absolute Gasteiger partial charge is 0.257 e. The third-order valence-corrected chi connectivity index (χ3v) is 2.15. The first-order valence-corrected chi connectivity index (χ1v) is 4.35. The van der Waals surface area contributed by atoms with Gasteiger partial charge in [0.2, 0.25) is 0 Å². The number of aromatic nitrogens is 2. The molecular weight excluding hydrogens is 196 g/mol. The maximum Gasteiger partial charge on any atom is 0.257 e. The van der Waals surface area contributed by atoms with Gasteiger partial charge in [0, 0.05) is 12.3 Å². The van der Waals surface area contributed by atoms with Crippen molar-refractivity contribution in [3.8, 4) is 11.6 Å². The van der Waals surface area contributed by atoms with Crippen molar-refractivity contribution in [1.29, 1.82) is 0 Å². The topological polar surface area (TPSA) is 64.2 Å². The summed E-state index contributed by atoms with van der Waals surface area (Å²) < 4.78 is 10.1. The first-order valence-electron chi connectivity index (χ1n) is 4.35. The van der Waals surface area contributed by atoms with Crippen LogP contribution in [0.1, 0.15) is 10.4 Å². The van der Waals surface area contributed by atoms with Crippen LogP contribution in [0.4, 0.5) is 0 Å². The Hall–Kier alpha value is -2.04. The van der Waals surface area contributed by atoms with Crippen LogP contribution >= 0.6 is 0 Å². The number of aldehydes is 1. The quantitative estimate of drug-likeness (QED) is 0.771. The number of carbonyl (C=O) groups is 1. The number of nitrogens with one attached hydrogen (secondary N) is 1. The molecule has 0 saturated heterocycles. The number of nitrogens with zero attached hydrogens (tertiary/aromatic N) is 1. The lowest BCUT2D eigenvalue weighted by Crippen LogP contribution is -1.94. The van der Waals surface area contributed by atoms with Crippen molar-refractivity contribution in [1.82, 2.24) is 9.97 Å². The summed E-state index contributed by atoms with van der Waals surface area (Å²) in [6.07, 6.45) is 2.35. The molecule has 0 aliphatic carbocycles. The normalized spacial score (nSPS) is 10.3. The van der Waals surface area contributed by atoms with Gasteiger partial charge >= 0.3 is 0 Å². The molecule has 1 N–H and O–H groups in total. The van der Waals surface area contributed by atoms with E-state index >= 15 is 0 Å². The summed E-state index contributed by atoms with van der Waals surface area (Å²) in [4.78, 5) is 17.8. The molecule has 15 heavy (non-hydrogen) atoms. The summed E-state index contributed by atoms with van der Waals surface area (Å²) in [5, 5.41) is 0. The minimum Gasteiger partial charge on any atom is -0.491 e. The highest BCUT2D eigenvalue weighted by Crippen LogP contribution is 2.29. The molecule has 0 amide bonds. The lowest BCUT2D eigenvalue weighted by Gasteiger charge is -2.05. The fourth-order valence-electron chi connectivity index (χ4n) is 1.41. The number of methoxy groups -OCH3 is 2. The van der Waals surface area contributed by atoms with Gasteiger partial charge in [0.15, 0.2) is 12.0 Å². The molecule has 2 aromatic heterocycles. The van der Waals surface area contributed by atoms with E-state index < -0.39 is 0 Å². The van der Waals surface area contributed by atoms with Crippen molar-refractivity contribution < 1.29 is 14.3 Å². The Balaban J connectivity index is 2.72. The highest BCUT2D eigenvalue weighted by molar-refractivity contribution is 5.95. The molecule has 0 aliphatic rings. The third-order valence-electron chi connectivity index (χ3n) is 2.15. The number of rotatable bonds is 3. The van der Waals surface area contributed by atoms with Gasteiger partial charge in [0.05, 0.1) is 25.3 Å². The van der Waals surface area contributed by atoms with Gasteiger partial charge in [-0.3, -0.25) is 4.79 Å². The van der Waals surface area contributed by atoms with E-state index in [2.05, 4.69) is 9.97 Å². The number of fused-ring (bicyclic) bond motifs is 1. The van der Waals surface area contributed by atoms with Gasteiger partial charge in [-0.2, -0.15) is 0 Å². The zero-order valence-corrected chi connectivity index (χ0v) is 8.40. The number of ether oxygens (including phenoxy) is 2. The fraction of sp³-hybridized carbons (Fsp3) is 0.200. The zero-order chi connectivity index (χ0) is 10.8. The molecule has 5 heteroatoms. The molecule has 78 valence electrons. The number of pyridine rings is 1. The summed E-state index contributed by atoms with van der Waals surface area (Å²) in [6.45, 7) is 0. The van der Waals surface area contributed by atoms with E-state index in [1.807, 2.05) is 0 Å². The van der Waals surface area contributed by atoms with Crippen LogP contribution in [-0.2, 0) is 0 Å². The highest BCUT2D eigenvalue weighted by Gasteiger charge is 2.11. The number of H-pyrrole nitrogens is 1. The Labute approximate surface area is 86.0 Å². The zero-order valence-electron chi connectivity index (χ0n) is 8.40. The molecule has 2 aromatic rings. The van der Waals surface area contributed by atoms with Gasteiger partial charge < -0.3 is 14.5 Å². The van der Waals surface area contributed by atoms with Crippen LogP contribution in [0, 0.1) is 0 Å². The number of hydrogen-bond acceptors (Lipinski definition) is 4. The number of hydrogen-bond donors (Lipinski definition) is 1. The molecule has 0 spiro atoms. The molecule has 0 aromatic carbocycles. The molecule has 2 rings (SSSR count). The Morgan fingerprint density at radius 2 is 2.20 bits per heavy atom. The molecule has 5 nitrogen and oxygen atoms in total. The number of carbonyl (C=O) groups excluding carboxylic acids is 1. The van der Waals surface area contributed by atoms with Crippen LogP contribution < -0.4 is 9.47 Å². The summed E-state index contributed by atoms with van der Waals surface area (Å²) in [5.41, 5.74) is 1.84. The largest absolute Gasteiger partial charge is 0.491 e. The number of aromatic amines is 1. The fourth-order valence-corrected chi connectivity index (χ4v) is 1.41. The van der Waals surface area contributed by atoms with Crippen molar-refractivity contribution in [2.45, 2.75) is 0 Å². The summed E-state index contributed by atoms with van der Waals surface area (Å²) in [6, 6.07) is 1.74. The van der Waals surface area contributed by atoms with Crippen LogP contribution in [-0.4, -0.2) is 30.5 Å². The van der Waals surface area contributed by atoms with E-state index in [9.17, 15) is 4.79 Å². The highest BCUT2D eigenvalue weighted by atomic mass is 16.5. The van der Waals surface area contributed by atoms with Crippen LogP contribution in [0.5, 0.6) is 11.6 Å². The van der Waals surface area contributed by atoms with Gasteiger partial charge in [0.25, 0.3) is 5.88 Å². The average molecular weight is 206 g/mol. The van der Waals surface area contributed by atoms with Crippen LogP contribution in [0.3, 0.4) is 0 Å². The molecule has 0 bridgehead atoms. The summed E-state index contributed by atoms with van der Waals surface area (Å²) >= 11 is 0. The van der Waals surface area contributed by atoms with Crippen molar-refractivity contribution in [3.05, 3.63) is 17.8 Å². The molecular formula is C10H10N2O3. The van der Waals surface area contributed by atoms with Crippen LogP contribution in [0.2, 0.25) is 0 Å². The lowest BCUT2D eigenvalue weighted by atomic mass is 10.3. The molecule has 0 saturated carbocycles. The molecule has 0 radical (unpaired) electrons. The van der Waals surface area contributed by atoms with Crippen LogP contribution in [0.15, 0.2) is 12.3 Å². The Morgan fingerprint density at radius 3 is 2.80 bits per heavy atom. The SMILES string of the molecule is COc1cc2[nH]cc(C=O)c2nc1OC. The summed E-state index contributed by atoms with van der Waals surface area (Å²) in [5.74, 6) is 0.900. The predicted octanol–water partition coefficient (Wildman–Crippen LogP) is 1.39. The lowest BCUT2D eigenvalue weighted by molar-refractivity contribution is 0.112. The monoisotopic (exact) mass is 206 g/mol. The maximum atomic E-state index is 10.7. The van der Waals surface area contributed by atoms with Gasteiger partial charge in [-0.25, -0.2) is 4.98 Å². The van der Waals surface area contributed by atoms with Crippen LogP contribution in [0.25, 0.3) is 11.0 Å². The minimum atomic E-state index is 0.368. The van der Waals surface area contributed by atoms with E-state index in [1.165, 1.54) is 14.2 Å². The second-order valence-electron chi connectivity index (χ2n) is 2.96. The Bertz CT molecular complexity index is 505. The van der Waals surface area contributed by atoms with Gasteiger partial charge in [-0.15, -0.1) is 0 Å². The van der Waals surface area contributed by atoms with Gasteiger partial charge in [-0.1, -0.05) is 0 Å². The van der Waals surface area contributed by atoms with Crippen molar-refractivity contribution >= 4 is 17.3 Å².